The van der Waals surface area contributed by atoms with Gasteiger partial charge in [-0.2, -0.15) is 0 Å². The SMILES string of the molecule is Cc1cc(C)c2c(c1C)CCC(C)(CCC[C@H](C)CCC[C@H](C)CCCC(C)C)O2. The van der Waals surface area contributed by atoms with Crippen molar-refractivity contribution in [1.82, 2.24) is 0 Å². The maximum absolute atomic E-state index is 6.63. The first-order chi connectivity index (χ1) is 14.1. The van der Waals surface area contributed by atoms with Crippen molar-refractivity contribution in [3.8, 4) is 5.75 Å². The first-order valence-electron chi connectivity index (χ1n) is 12.9. The third-order valence-corrected chi connectivity index (χ3v) is 7.64. The molecule has 30 heavy (non-hydrogen) atoms. The molecule has 0 fully saturated rings. The molecular formula is C29H50O. The fourth-order valence-electron chi connectivity index (χ4n) is 5.25. The smallest absolute Gasteiger partial charge is 0.126 e. The summed E-state index contributed by atoms with van der Waals surface area (Å²) in [5.41, 5.74) is 5.63. The van der Waals surface area contributed by atoms with E-state index in [0.29, 0.717) is 0 Å². The lowest BCUT2D eigenvalue weighted by Gasteiger charge is -2.38. The van der Waals surface area contributed by atoms with Crippen molar-refractivity contribution in [3.05, 3.63) is 28.3 Å². The van der Waals surface area contributed by atoms with Crippen LogP contribution < -0.4 is 4.74 Å². The molecular weight excluding hydrogens is 364 g/mol. The zero-order valence-corrected chi connectivity index (χ0v) is 21.5. The molecule has 0 N–H and O–H groups in total. The maximum atomic E-state index is 6.63. The second-order valence-electron chi connectivity index (χ2n) is 11.4. The average molecular weight is 415 g/mol. The molecule has 1 nitrogen and oxygen atoms in total. The molecule has 2 rings (SSSR count). The molecule has 0 aliphatic carbocycles. The van der Waals surface area contributed by atoms with Crippen molar-refractivity contribution < 1.29 is 4.74 Å². The Morgan fingerprint density at radius 3 is 2.00 bits per heavy atom. The standard InChI is InChI=1S/C29H50O/c1-21(2)12-9-13-22(3)14-10-15-23(4)16-11-18-29(8)19-17-27-26(7)24(5)20-25(6)28(27)30-29/h20-23H,9-19H2,1-8H3/t22-,23-,29?/m1/s1. The minimum Gasteiger partial charge on any atom is -0.487 e. The molecule has 0 saturated carbocycles. The summed E-state index contributed by atoms with van der Waals surface area (Å²) in [5, 5.41) is 0. The fraction of sp³-hybridized carbons (Fsp3) is 0.793. The number of benzene rings is 1. The zero-order chi connectivity index (χ0) is 22.3. The van der Waals surface area contributed by atoms with Gasteiger partial charge in [0.25, 0.3) is 0 Å². The Morgan fingerprint density at radius 1 is 0.833 bits per heavy atom. The van der Waals surface area contributed by atoms with Crippen LogP contribution in [0.25, 0.3) is 0 Å². The van der Waals surface area contributed by atoms with Gasteiger partial charge in [0, 0.05) is 0 Å². The van der Waals surface area contributed by atoms with Gasteiger partial charge in [0.1, 0.15) is 11.4 Å². The summed E-state index contributed by atoms with van der Waals surface area (Å²) < 4.78 is 6.63. The Bertz CT molecular complexity index is 659. The lowest BCUT2D eigenvalue weighted by atomic mass is 9.84. The fourth-order valence-corrected chi connectivity index (χ4v) is 5.25. The van der Waals surface area contributed by atoms with Crippen LogP contribution in [-0.4, -0.2) is 5.60 Å². The molecule has 1 aromatic rings. The van der Waals surface area contributed by atoms with E-state index in [1.807, 2.05) is 0 Å². The molecule has 0 aromatic heterocycles. The average Bonchev–Trinajstić information content (AvgIpc) is 2.66. The second kappa shape index (κ2) is 11.6. The molecule has 3 atom stereocenters. The van der Waals surface area contributed by atoms with E-state index >= 15 is 0 Å². The van der Waals surface area contributed by atoms with E-state index in [9.17, 15) is 0 Å². The number of hydrogen-bond acceptors (Lipinski definition) is 1. The summed E-state index contributed by atoms with van der Waals surface area (Å²) in [6, 6.07) is 2.30. The van der Waals surface area contributed by atoms with Gasteiger partial charge >= 0.3 is 0 Å². The minimum atomic E-state index is 0.0180. The molecule has 1 unspecified atom stereocenters. The summed E-state index contributed by atoms with van der Waals surface area (Å²) in [5.74, 6) is 3.80. The van der Waals surface area contributed by atoms with Crippen molar-refractivity contribution in [3.63, 3.8) is 0 Å². The van der Waals surface area contributed by atoms with E-state index in [4.69, 9.17) is 4.74 Å². The third-order valence-electron chi connectivity index (χ3n) is 7.64. The summed E-state index contributed by atoms with van der Waals surface area (Å²) in [7, 11) is 0. The molecule has 0 saturated heterocycles. The van der Waals surface area contributed by atoms with Crippen LogP contribution in [0, 0.1) is 38.5 Å². The van der Waals surface area contributed by atoms with Crippen molar-refractivity contribution in [2.75, 3.05) is 0 Å². The number of hydrogen-bond donors (Lipinski definition) is 0. The van der Waals surface area contributed by atoms with E-state index in [1.165, 1.54) is 92.2 Å². The van der Waals surface area contributed by atoms with Gasteiger partial charge in [0.2, 0.25) is 0 Å². The summed E-state index contributed by atoms with van der Waals surface area (Å²) in [4.78, 5) is 0. The number of fused-ring (bicyclic) bond motifs is 1. The van der Waals surface area contributed by atoms with Crippen LogP contribution in [0.5, 0.6) is 5.75 Å². The van der Waals surface area contributed by atoms with Crippen LogP contribution in [0.1, 0.15) is 121 Å². The van der Waals surface area contributed by atoms with Crippen LogP contribution in [-0.2, 0) is 6.42 Å². The van der Waals surface area contributed by atoms with E-state index in [1.54, 1.807) is 0 Å². The van der Waals surface area contributed by atoms with Crippen molar-refractivity contribution in [2.45, 2.75) is 132 Å². The predicted molar refractivity (Wildman–Crippen MR) is 133 cm³/mol. The molecule has 1 aliphatic heterocycles. The lowest BCUT2D eigenvalue weighted by molar-refractivity contribution is 0.0514. The topological polar surface area (TPSA) is 9.23 Å². The molecule has 0 bridgehead atoms. The molecule has 1 heteroatoms. The first-order valence-corrected chi connectivity index (χ1v) is 12.9. The van der Waals surface area contributed by atoms with Gasteiger partial charge in [0.05, 0.1) is 0 Å². The summed E-state index contributed by atoms with van der Waals surface area (Å²) in [6.07, 6.45) is 14.6. The molecule has 172 valence electrons. The molecule has 1 aliphatic rings. The van der Waals surface area contributed by atoms with E-state index in [2.05, 4.69) is 61.5 Å². The van der Waals surface area contributed by atoms with Gasteiger partial charge in [-0.1, -0.05) is 78.7 Å². The highest BCUT2D eigenvalue weighted by Gasteiger charge is 2.33. The highest BCUT2D eigenvalue weighted by molar-refractivity contribution is 5.50. The first kappa shape index (κ1) is 25.3. The van der Waals surface area contributed by atoms with Crippen molar-refractivity contribution in [2.24, 2.45) is 17.8 Å². The van der Waals surface area contributed by atoms with E-state index in [0.717, 1.165) is 24.2 Å². The normalized spacial score (nSPS) is 20.7. The Hall–Kier alpha value is -0.980. The minimum absolute atomic E-state index is 0.0180. The van der Waals surface area contributed by atoms with Crippen LogP contribution in [0.4, 0.5) is 0 Å². The van der Waals surface area contributed by atoms with Gasteiger partial charge in [-0.3, -0.25) is 0 Å². The molecule has 1 aromatic carbocycles. The highest BCUT2D eigenvalue weighted by Crippen LogP contribution is 2.41. The summed E-state index contributed by atoms with van der Waals surface area (Å²) in [6.45, 7) is 18.6. The van der Waals surface area contributed by atoms with Gasteiger partial charge in [-0.25, -0.2) is 0 Å². The quantitative estimate of drug-likeness (QED) is 0.331. The Kier molecular flexibility index (Phi) is 9.76. The second-order valence-corrected chi connectivity index (χ2v) is 11.4. The van der Waals surface area contributed by atoms with E-state index in [-0.39, 0.29) is 5.60 Å². The van der Waals surface area contributed by atoms with Gasteiger partial charge in [-0.15, -0.1) is 0 Å². The molecule has 0 amide bonds. The van der Waals surface area contributed by atoms with Crippen LogP contribution in [0.15, 0.2) is 6.07 Å². The van der Waals surface area contributed by atoms with Crippen LogP contribution in [0.3, 0.4) is 0 Å². The highest BCUT2D eigenvalue weighted by atomic mass is 16.5. The zero-order valence-electron chi connectivity index (χ0n) is 21.5. The molecule has 0 radical (unpaired) electrons. The Balaban J connectivity index is 1.69. The van der Waals surface area contributed by atoms with Gasteiger partial charge in [-0.05, 0) is 93.4 Å². The largest absolute Gasteiger partial charge is 0.487 e. The lowest BCUT2D eigenvalue weighted by Crippen LogP contribution is -2.37. The van der Waals surface area contributed by atoms with Crippen molar-refractivity contribution >= 4 is 0 Å². The van der Waals surface area contributed by atoms with Crippen LogP contribution in [0.2, 0.25) is 0 Å². The Labute approximate surface area is 188 Å². The van der Waals surface area contributed by atoms with E-state index < -0.39 is 0 Å². The molecule has 0 spiro atoms. The predicted octanol–water partition coefficient (Wildman–Crippen LogP) is 9.13. The monoisotopic (exact) mass is 414 g/mol. The number of aryl methyl sites for hydroxylation is 2. The van der Waals surface area contributed by atoms with Gasteiger partial charge in [0.15, 0.2) is 0 Å². The maximum Gasteiger partial charge on any atom is 0.126 e. The number of ether oxygens (including phenoxy) is 1. The molecule has 1 heterocycles. The van der Waals surface area contributed by atoms with Gasteiger partial charge < -0.3 is 4.74 Å². The number of rotatable bonds is 12. The Morgan fingerprint density at radius 2 is 1.40 bits per heavy atom. The van der Waals surface area contributed by atoms with Crippen LogP contribution >= 0.6 is 0 Å². The third kappa shape index (κ3) is 7.61. The van der Waals surface area contributed by atoms with Crippen molar-refractivity contribution in [1.29, 1.82) is 0 Å². The summed E-state index contributed by atoms with van der Waals surface area (Å²) >= 11 is 0.